The van der Waals surface area contributed by atoms with Crippen LogP contribution in [-0.4, -0.2) is 19.1 Å². The third-order valence-electron chi connectivity index (χ3n) is 2.69. The van der Waals surface area contributed by atoms with E-state index >= 15 is 0 Å². The lowest BCUT2D eigenvalue weighted by molar-refractivity contribution is 0.116. The van der Waals surface area contributed by atoms with Gasteiger partial charge in [-0.15, -0.1) is 5.92 Å². The highest BCUT2D eigenvalue weighted by Gasteiger charge is 2.35. The Labute approximate surface area is 101 Å². The molecule has 1 aliphatic rings. The summed E-state index contributed by atoms with van der Waals surface area (Å²) in [5.74, 6) is 7.69. The normalized spacial score (nSPS) is 24.3. The smallest absolute Gasteiger partial charge is 0.197 e. The molecule has 1 saturated heterocycles. The molecule has 1 aromatic carbocycles. The summed E-state index contributed by atoms with van der Waals surface area (Å²) < 4.78 is 10.6. The van der Waals surface area contributed by atoms with E-state index in [9.17, 15) is 0 Å². The van der Waals surface area contributed by atoms with Gasteiger partial charge in [-0.25, -0.2) is 4.99 Å². The highest BCUT2D eigenvalue weighted by molar-refractivity contribution is 5.87. The van der Waals surface area contributed by atoms with E-state index in [0.29, 0.717) is 0 Å². The summed E-state index contributed by atoms with van der Waals surface area (Å²) in [5.41, 5.74) is 0.871. The molecule has 0 aromatic heterocycles. The zero-order valence-corrected chi connectivity index (χ0v) is 10.2. The zero-order chi connectivity index (χ0) is 12.3. The minimum atomic E-state index is -0.00278. The average molecular weight is 229 g/mol. The Hall–Kier alpha value is -1.95. The number of aliphatic imine (C=N–C) groups is 1. The molecular weight excluding hydrogens is 214 g/mol. The number of rotatable bonds is 2. The molecule has 2 unspecified atom stereocenters. The lowest BCUT2D eigenvalue weighted by Gasteiger charge is -2.32. The lowest BCUT2D eigenvalue weighted by Crippen LogP contribution is -2.42. The largest absolute Gasteiger partial charge is 0.497 e. The van der Waals surface area contributed by atoms with Crippen molar-refractivity contribution in [2.75, 3.05) is 7.11 Å². The molecule has 1 aliphatic heterocycles. The average Bonchev–Trinajstić information content (AvgIpc) is 2.38. The van der Waals surface area contributed by atoms with Gasteiger partial charge in [-0.1, -0.05) is 5.92 Å². The number of benzene rings is 1. The Morgan fingerprint density at radius 2 is 2.00 bits per heavy atom. The van der Waals surface area contributed by atoms with Crippen molar-refractivity contribution in [2.24, 2.45) is 10.9 Å². The van der Waals surface area contributed by atoms with Crippen molar-refractivity contribution in [2.45, 2.75) is 20.0 Å². The Kier molecular flexibility index (Phi) is 3.34. The van der Waals surface area contributed by atoms with E-state index in [2.05, 4.69) is 23.8 Å². The molecule has 0 bridgehead atoms. The van der Waals surface area contributed by atoms with Crippen LogP contribution in [0.15, 0.2) is 29.3 Å². The van der Waals surface area contributed by atoms with Crippen molar-refractivity contribution < 1.29 is 9.47 Å². The van der Waals surface area contributed by atoms with Gasteiger partial charge in [-0.3, -0.25) is 0 Å². The number of ether oxygens (including phenoxy) is 2. The van der Waals surface area contributed by atoms with Gasteiger partial charge in [-0.05, 0) is 38.1 Å². The second-order valence-corrected chi connectivity index (χ2v) is 3.87. The third-order valence-corrected chi connectivity index (χ3v) is 2.69. The van der Waals surface area contributed by atoms with Gasteiger partial charge in [-0.2, -0.15) is 0 Å². The van der Waals surface area contributed by atoms with Crippen molar-refractivity contribution in [3.05, 3.63) is 24.3 Å². The molecule has 3 heteroatoms. The molecule has 0 radical (unpaired) electrons. The van der Waals surface area contributed by atoms with Crippen LogP contribution in [0.4, 0.5) is 5.69 Å². The van der Waals surface area contributed by atoms with Crippen molar-refractivity contribution in [1.82, 2.24) is 0 Å². The van der Waals surface area contributed by atoms with E-state index in [0.717, 1.165) is 17.3 Å². The maximum Gasteiger partial charge on any atom is 0.197 e. The van der Waals surface area contributed by atoms with Crippen LogP contribution in [0.3, 0.4) is 0 Å². The molecule has 3 nitrogen and oxygen atoms in total. The van der Waals surface area contributed by atoms with Crippen LogP contribution in [0.1, 0.15) is 13.8 Å². The van der Waals surface area contributed by atoms with Gasteiger partial charge in [0.2, 0.25) is 0 Å². The highest BCUT2D eigenvalue weighted by atomic mass is 16.5. The van der Waals surface area contributed by atoms with Crippen molar-refractivity contribution >= 4 is 11.6 Å². The van der Waals surface area contributed by atoms with Crippen LogP contribution in [0, 0.1) is 17.8 Å². The van der Waals surface area contributed by atoms with Crippen LogP contribution in [-0.2, 0) is 4.74 Å². The van der Waals surface area contributed by atoms with Gasteiger partial charge in [0.25, 0.3) is 0 Å². The number of hydrogen-bond acceptors (Lipinski definition) is 3. The molecule has 0 N–H and O–H groups in total. The van der Waals surface area contributed by atoms with Crippen LogP contribution in [0.25, 0.3) is 0 Å². The molecule has 88 valence electrons. The minimum absolute atomic E-state index is 0.00278. The van der Waals surface area contributed by atoms with E-state index in [1.54, 1.807) is 7.11 Å². The summed E-state index contributed by atoms with van der Waals surface area (Å²) in [6, 6.07) is 7.57. The fraction of sp³-hybridized carbons (Fsp3) is 0.357. The molecule has 1 heterocycles. The van der Waals surface area contributed by atoms with E-state index in [1.807, 2.05) is 31.2 Å². The Bertz CT molecular complexity index is 479. The second kappa shape index (κ2) is 4.92. The van der Waals surface area contributed by atoms with Crippen LogP contribution < -0.4 is 4.74 Å². The van der Waals surface area contributed by atoms with Gasteiger partial charge < -0.3 is 9.47 Å². The summed E-state index contributed by atoms with van der Waals surface area (Å²) >= 11 is 0. The second-order valence-electron chi connectivity index (χ2n) is 3.87. The molecular formula is C14H15NO2. The summed E-state index contributed by atoms with van der Waals surface area (Å²) in [5, 5.41) is 0. The lowest BCUT2D eigenvalue weighted by atomic mass is 9.99. The number of nitrogens with zero attached hydrogens (tertiary/aromatic N) is 1. The highest BCUT2D eigenvalue weighted by Crippen LogP contribution is 2.26. The fourth-order valence-electron chi connectivity index (χ4n) is 1.61. The van der Waals surface area contributed by atoms with Gasteiger partial charge in [0, 0.05) is 0 Å². The standard InChI is InChI=1S/C14H15NO2/c1-4-5-13-10(2)14(17-13)15-11-6-8-12(16-3)9-7-11/h6-10,13H,1-3H3. The summed E-state index contributed by atoms with van der Waals surface area (Å²) in [7, 11) is 1.64. The minimum Gasteiger partial charge on any atom is -0.497 e. The number of hydrogen-bond donors (Lipinski definition) is 0. The molecule has 0 aliphatic carbocycles. The van der Waals surface area contributed by atoms with Crippen molar-refractivity contribution in [1.29, 1.82) is 0 Å². The first-order valence-corrected chi connectivity index (χ1v) is 5.56. The van der Waals surface area contributed by atoms with Crippen molar-refractivity contribution in [3.8, 4) is 17.6 Å². The van der Waals surface area contributed by atoms with Gasteiger partial charge in [0.1, 0.15) is 5.75 Å². The van der Waals surface area contributed by atoms with E-state index in [-0.39, 0.29) is 12.0 Å². The predicted octanol–water partition coefficient (Wildman–Crippen LogP) is 2.78. The monoisotopic (exact) mass is 229 g/mol. The van der Waals surface area contributed by atoms with Gasteiger partial charge in [0.05, 0.1) is 18.7 Å². The molecule has 17 heavy (non-hydrogen) atoms. The maximum atomic E-state index is 5.50. The van der Waals surface area contributed by atoms with Crippen LogP contribution in [0.2, 0.25) is 0 Å². The summed E-state index contributed by atoms with van der Waals surface area (Å²) in [4.78, 5) is 4.42. The molecule has 0 saturated carbocycles. The third kappa shape index (κ3) is 2.42. The number of methoxy groups -OCH3 is 1. The SMILES string of the molecule is CC#CC1OC(=Nc2ccc(OC)cc2)C1C. The predicted molar refractivity (Wildman–Crippen MR) is 67.6 cm³/mol. The molecule has 0 amide bonds. The fourth-order valence-corrected chi connectivity index (χ4v) is 1.61. The van der Waals surface area contributed by atoms with E-state index in [4.69, 9.17) is 9.47 Å². The van der Waals surface area contributed by atoms with Gasteiger partial charge in [0.15, 0.2) is 12.0 Å². The topological polar surface area (TPSA) is 30.8 Å². The van der Waals surface area contributed by atoms with E-state index in [1.165, 1.54) is 0 Å². The van der Waals surface area contributed by atoms with Crippen LogP contribution in [0.5, 0.6) is 5.75 Å². The van der Waals surface area contributed by atoms with E-state index < -0.39 is 0 Å². The Morgan fingerprint density at radius 1 is 1.29 bits per heavy atom. The molecule has 1 aromatic rings. The van der Waals surface area contributed by atoms with Gasteiger partial charge >= 0.3 is 0 Å². The first-order valence-electron chi connectivity index (χ1n) is 5.56. The zero-order valence-electron chi connectivity index (χ0n) is 10.2. The Balaban J connectivity index is 2.07. The summed E-state index contributed by atoms with van der Waals surface area (Å²) in [6.07, 6.45) is -0.00278. The first kappa shape index (κ1) is 11.5. The first-order chi connectivity index (χ1) is 8.24. The summed E-state index contributed by atoms with van der Waals surface area (Å²) in [6.45, 7) is 3.88. The quantitative estimate of drug-likeness (QED) is 0.730. The molecule has 2 atom stereocenters. The molecule has 0 spiro atoms. The van der Waals surface area contributed by atoms with Crippen molar-refractivity contribution in [3.63, 3.8) is 0 Å². The molecule has 2 rings (SSSR count). The Morgan fingerprint density at radius 3 is 2.53 bits per heavy atom. The maximum absolute atomic E-state index is 5.50. The molecule has 1 fully saturated rings. The van der Waals surface area contributed by atoms with Crippen LogP contribution >= 0.6 is 0 Å².